The molecule has 1 atom stereocenters. The highest BCUT2D eigenvalue weighted by molar-refractivity contribution is 8.00. The van der Waals surface area contributed by atoms with Crippen molar-refractivity contribution in [3.63, 3.8) is 0 Å². The van der Waals surface area contributed by atoms with E-state index in [1.165, 1.54) is 11.8 Å². The van der Waals surface area contributed by atoms with Gasteiger partial charge in [-0.1, -0.05) is 42.1 Å². The van der Waals surface area contributed by atoms with Gasteiger partial charge in [-0.15, -0.1) is 10.2 Å². The van der Waals surface area contributed by atoms with Gasteiger partial charge in [0, 0.05) is 6.54 Å². The van der Waals surface area contributed by atoms with E-state index in [1.54, 1.807) is 13.8 Å². The molecule has 0 aliphatic rings. The summed E-state index contributed by atoms with van der Waals surface area (Å²) in [5.74, 6) is -0.118. The number of carbonyl (C=O) groups excluding carboxylic acids is 1. The van der Waals surface area contributed by atoms with Crippen LogP contribution in [0.3, 0.4) is 0 Å². The first-order valence-corrected chi connectivity index (χ1v) is 7.36. The Balaban J connectivity index is 1.90. The largest absolute Gasteiger partial charge is 0.351 e. The van der Waals surface area contributed by atoms with Crippen LogP contribution in [0.5, 0.6) is 0 Å². The van der Waals surface area contributed by atoms with Crippen LogP contribution in [0.2, 0.25) is 0 Å². The van der Waals surface area contributed by atoms with Gasteiger partial charge in [0.2, 0.25) is 5.91 Å². The number of aryl methyl sites for hydroxylation is 1. The van der Waals surface area contributed by atoms with Crippen molar-refractivity contribution in [2.24, 2.45) is 0 Å². The number of nitrogens with zero attached hydrogens (tertiary/aromatic N) is 2. The maximum Gasteiger partial charge on any atom is 0.273 e. The number of carbonyl (C=O) groups is 1. The number of aromatic nitrogens is 3. The summed E-state index contributed by atoms with van der Waals surface area (Å²) in [5.41, 5.74) is 1.05. The lowest BCUT2D eigenvalue weighted by Gasteiger charge is -2.11. The zero-order valence-corrected chi connectivity index (χ0v) is 12.6. The van der Waals surface area contributed by atoms with Gasteiger partial charge in [-0.2, -0.15) is 0 Å². The molecule has 2 N–H and O–H groups in total. The number of hydrogen-bond donors (Lipinski definition) is 2. The zero-order valence-electron chi connectivity index (χ0n) is 11.8. The van der Waals surface area contributed by atoms with Crippen LogP contribution in [0.1, 0.15) is 18.2 Å². The Hall–Kier alpha value is -2.15. The first-order valence-electron chi connectivity index (χ1n) is 6.48. The van der Waals surface area contributed by atoms with E-state index in [0.717, 1.165) is 5.56 Å². The number of H-pyrrole nitrogens is 1. The lowest BCUT2D eigenvalue weighted by Crippen LogP contribution is -2.30. The first kappa shape index (κ1) is 15.2. The van der Waals surface area contributed by atoms with Crippen molar-refractivity contribution in [2.45, 2.75) is 30.8 Å². The molecule has 2 rings (SSSR count). The maximum absolute atomic E-state index is 12.0. The molecule has 6 nitrogen and oxygen atoms in total. The number of amides is 1. The minimum absolute atomic E-state index is 0.118. The van der Waals surface area contributed by atoms with E-state index in [4.69, 9.17) is 0 Å². The van der Waals surface area contributed by atoms with Crippen molar-refractivity contribution in [3.05, 3.63) is 51.9 Å². The summed E-state index contributed by atoms with van der Waals surface area (Å²) in [6, 6.07) is 9.66. The highest BCUT2D eigenvalue weighted by atomic mass is 32.2. The Morgan fingerprint density at radius 2 is 2.05 bits per heavy atom. The second-order valence-electron chi connectivity index (χ2n) is 4.51. The van der Waals surface area contributed by atoms with E-state index >= 15 is 0 Å². The molecule has 0 aliphatic heterocycles. The molecule has 0 bridgehead atoms. The van der Waals surface area contributed by atoms with Crippen LogP contribution in [0.4, 0.5) is 0 Å². The molecular formula is C14H16N4O2S. The van der Waals surface area contributed by atoms with Gasteiger partial charge < -0.3 is 5.32 Å². The molecule has 1 amide bonds. The molecule has 0 unspecified atom stereocenters. The van der Waals surface area contributed by atoms with Crippen molar-refractivity contribution in [1.82, 2.24) is 20.5 Å². The topological polar surface area (TPSA) is 87.7 Å². The number of nitrogens with one attached hydrogen (secondary N) is 2. The summed E-state index contributed by atoms with van der Waals surface area (Å²) in [4.78, 5) is 26.0. The number of hydrogen-bond acceptors (Lipinski definition) is 5. The fourth-order valence-corrected chi connectivity index (χ4v) is 2.35. The highest BCUT2D eigenvalue weighted by Gasteiger charge is 2.15. The lowest BCUT2D eigenvalue weighted by molar-refractivity contribution is -0.120. The SMILES string of the molecule is Cc1nnc(S[C@H](C)C(=O)NCc2ccccc2)[nH]c1=O. The fraction of sp³-hybridized carbons (Fsp3) is 0.286. The zero-order chi connectivity index (χ0) is 15.2. The van der Waals surface area contributed by atoms with Crippen LogP contribution < -0.4 is 10.9 Å². The van der Waals surface area contributed by atoms with Gasteiger partial charge in [-0.25, -0.2) is 0 Å². The van der Waals surface area contributed by atoms with Gasteiger partial charge >= 0.3 is 0 Å². The van der Waals surface area contributed by atoms with E-state index in [2.05, 4.69) is 20.5 Å². The number of benzene rings is 1. The molecule has 1 heterocycles. The molecule has 2 aromatic rings. The Morgan fingerprint density at radius 3 is 2.71 bits per heavy atom. The van der Waals surface area contributed by atoms with Crippen LogP contribution in [0, 0.1) is 6.92 Å². The van der Waals surface area contributed by atoms with E-state index in [-0.39, 0.29) is 16.7 Å². The van der Waals surface area contributed by atoms with Crippen LogP contribution in [-0.2, 0) is 11.3 Å². The van der Waals surface area contributed by atoms with Gasteiger partial charge in [0.05, 0.1) is 5.25 Å². The Kier molecular flexibility index (Phi) is 5.10. The third kappa shape index (κ3) is 4.42. The second-order valence-corrected chi connectivity index (χ2v) is 5.84. The van der Waals surface area contributed by atoms with Crippen LogP contribution >= 0.6 is 11.8 Å². The smallest absolute Gasteiger partial charge is 0.273 e. The monoisotopic (exact) mass is 304 g/mol. The highest BCUT2D eigenvalue weighted by Crippen LogP contribution is 2.17. The maximum atomic E-state index is 12.0. The molecule has 1 aromatic carbocycles. The Labute approximate surface area is 126 Å². The molecule has 1 aromatic heterocycles. The third-order valence-electron chi connectivity index (χ3n) is 2.81. The number of aromatic amines is 1. The summed E-state index contributed by atoms with van der Waals surface area (Å²) >= 11 is 1.17. The van der Waals surface area contributed by atoms with Crippen molar-refractivity contribution in [1.29, 1.82) is 0 Å². The van der Waals surface area contributed by atoms with E-state index in [9.17, 15) is 9.59 Å². The number of rotatable bonds is 5. The fourth-order valence-electron chi connectivity index (χ4n) is 1.58. The summed E-state index contributed by atoms with van der Waals surface area (Å²) in [7, 11) is 0. The standard InChI is InChI=1S/C14H16N4O2S/c1-9-12(19)16-14(18-17-9)21-10(2)13(20)15-8-11-6-4-3-5-7-11/h3-7,10H,8H2,1-2H3,(H,15,20)(H,16,18,19)/t10-/m1/s1. The molecule has 0 fully saturated rings. The summed E-state index contributed by atoms with van der Waals surface area (Å²) < 4.78 is 0. The van der Waals surface area contributed by atoms with Gasteiger partial charge in [-0.05, 0) is 19.4 Å². The molecule has 0 radical (unpaired) electrons. The average Bonchev–Trinajstić information content (AvgIpc) is 2.49. The van der Waals surface area contributed by atoms with E-state index in [0.29, 0.717) is 17.4 Å². The minimum atomic E-state index is -0.374. The lowest BCUT2D eigenvalue weighted by atomic mass is 10.2. The predicted molar refractivity (Wildman–Crippen MR) is 81.0 cm³/mol. The van der Waals surface area contributed by atoms with Crippen molar-refractivity contribution < 1.29 is 4.79 Å². The van der Waals surface area contributed by atoms with Gasteiger partial charge in [0.15, 0.2) is 5.16 Å². The average molecular weight is 304 g/mol. The third-order valence-corrected chi connectivity index (χ3v) is 3.78. The molecule has 110 valence electrons. The van der Waals surface area contributed by atoms with Crippen LogP contribution in [-0.4, -0.2) is 26.3 Å². The first-order chi connectivity index (χ1) is 10.1. The minimum Gasteiger partial charge on any atom is -0.351 e. The van der Waals surface area contributed by atoms with Crippen molar-refractivity contribution >= 4 is 17.7 Å². The van der Waals surface area contributed by atoms with Gasteiger partial charge in [0.1, 0.15) is 5.69 Å². The van der Waals surface area contributed by atoms with Crippen molar-refractivity contribution in [3.8, 4) is 0 Å². The number of thioether (sulfide) groups is 1. The molecular weight excluding hydrogens is 288 g/mol. The molecule has 0 saturated carbocycles. The summed E-state index contributed by atoms with van der Waals surface area (Å²) in [6.45, 7) is 3.81. The quantitative estimate of drug-likeness (QED) is 0.812. The molecule has 0 aliphatic carbocycles. The van der Waals surface area contributed by atoms with Crippen LogP contribution in [0.25, 0.3) is 0 Å². The second kappa shape index (κ2) is 7.03. The summed E-state index contributed by atoms with van der Waals surface area (Å²) in [6.07, 6.45) is 0. The van der Waals surface area contributed by atoms with Gasteiger partial charge in [-0.3, -0.25) is 14.6 Å². The summed E-state index contributed by atoms with van der Waals surface area (Å²) in [5, 5.41) is 10.4. The molecule has 7 heteroatoms. The normalized spacial score (nSPS) is 11.9. The predicted octanol–water partition coefficient (Wildman–Crippen LogP) is 1.27. The van der Waals surface area contributed by atoms with Crippen LogP contribution in [0.15, 0.2) is 40.3 Å². The Bertz CT molecular complexity index is 672. The van der Waals surface area contributed by atoms with E-state index < -0.39 is 0 Å². The van der Waals surface area contributed by atoms with Crippen molar-refractivity contribution in [2.75, 3.05) is 0 Å². The van der Waals surface area contributed by atoms with E-state index in [1.807, 2.05) is 30.3 Å². The Morgan fingerprint density at radius 1 is 1.33 bits per heavy atom. The van der Waals surface area contributed by atoms with Gasteiger partial charge in [0.25, 0.3) is 5.56 Å². The molecule has 0 saturated heterocycles. The molecule has 21 heavy (non-hydrogen) atoms. The molecule has 0 spiro atoms.